The van der Waals surface area contributed by atoms with Gasteiger partial charge in [-0.3, -0.25) is 14.4 Å². The maximum absolute atomic E-state index is 15.1. The minimum absolute atomic E-state index is 0.0443. The lowest BCUT2D eigenvalue weighted by molar-refractivity contribution is -0.140. The molecule has 1 unspecified atom stereocenters. The number of aliphatic hydroxyl groups is 1. The molecule has 1 heterocycles. The molecule has 4 N–H and O–H groups in total. The van der Waals surface area contributed by atoms with Crippen LogP contribution in [0.2, 0.25) is 0 Å². The van der Waals surface area contributed by atoms with Crippen LogP contribution < -0.4 is 16.0 Å². The average molecular weight is 726 g/mol. The molecule has 4 amide bonds. The van der Waals surface area contributed by atoms with Crippen LogP contribution in [0.4, 0.5) is 13.6 Å². The molecular weight excluding hydrogens is 672 g/mol. The average Bonchev–Trinajstić information content (AvgIpc) is 3.46. The van der Waals surface area contributed by atoms with Gasteiger partial charge in [-0.25, -0.2) is 13.6 Å². The first-order valence-corrected chi connectivity index (χ1v) is 17.4. The summed E-state index contributed by atoms with van der Waals surface area (Å²) in [5.74, 6) is -3.40. The fraction of sp³-hybridized carbons (Fsp3) is 0.487. The van der Waals surface area contributed by atoms with E-state index in [4.69, 9.17) is 4.74 Å². The van der Waals surface area contributed by atoms with Gasteiger partial charge in [0.1, 0.15) is 35.9 Å². The molecule has 0 aliphatic carbocycles. The topological polar surface area (TPSA) is 142 Å². The van der Waals surface area contributed by atoms with Crippen LogP contribution in [0.5, 0.6) is 0 Å². The molecule has 2 aromatic carbocycles. The van der Waals surface area contributed by atoms with E-state index in [1.807, 2.05) is 55.7 Å². The molecule has 0 spiro atoms. The Morgan fingerprint density at radius 2 is 1.58 bits per heavy atom. The summed E-state index contributed by atoms with van der Waals surface area (Å²) in [6.45, 7) is 13.7. The lowest BCUT2D eigenvalue weighted by Crippen LogP contribution is -2.56. The van der Waals surface area contributed by atoms with Crippen molar-refractivity contribution in [1.29, 1.82) is 0 Å². The van der Waals surface area contributed by atoms with Gasteiger partial charge in [-0.2, -0.15) is 0 Å². The van der Waals surface area contributed by atoms with E-state index >= 15 is 4.39 Å². The highest BCUT2D eigenvalue weighted by molar-refractivity contribution is 5.91. The number of likely N-dealkylation sites (N-methyl/N-ethyl adjacent to an activating group) is 1. The van der Waals surface area contributed by atoms with Crippen LogP contribution >= 0.6 is 0 Å². The number of ether oxygens (including phenoxy) is 1. The molecule has 3 aromatic rings. The summed E-state index contributed by atoms with van der Waals surface area (Å²) in [7, 11) is 1.42. The molecule has 0 saturated heterocycles. The molecule has 0 bridgehead atoms. The van der Waals surface area contributed by atoms with E-state index in [2.05, 4.69) is 16.0 Å². The normalized spacial score (nSPS) is 13.6. The smallest absolute Gasteiger partial charge is 0.408 e. The van der Waals surface area contributed by atoms with Crippen LogP contribution in [0.15, 0.2) is 60.8 Å². The molecule has 52 heavy (non-hydrogen) atoms. The van der Waals surface area contributed by atoms with Crippen LogP contribution in [0.1, 0.15) is 79.1 Å². The van der Waals surface area contributed by atoms with Crippen LogP contribution in [-0.2, 0) is 25.7 Å². The summed E-state index contributed by atoms with van der Waals surface area (Å²) in [6.07, 6.45) is 0.852. The number of rotatable bonds is 14. The lowest BCUT2D eigenvalue weighted by atomic mass is 9.82. The SMILES string of the molecule is CNC(=O)[C@H](CCN(C(=O)CO)[C@@H](c1cc(-c2cc(F)ccc2F)cn1Cc1ccccc1)C(C)(C)C)NC(=O)C(NC(=O)OC(C)(C)C)C(C)C. The zero-order valence-electron chi connectivity index (χ0n) is 31.6. The van der Waals surface area contributed by atoms with E-state index < -0.39 is 71.2 Å². The van der Waals surface area contributed by atoms with Gasteiger partial charge in [-0.1, -0.05) is 65.0 Å². The molecule has 0 aliphatic rings. The molecule has 0 aliphatic heterocycles. The van der Waals surface area contributed by atoms with Gasteiger partial charge in [0.05, 0.1) is 6.04 Å². The maximum Gasteiger partial charge on any atom is 0.408 e. The van der Waals surface area contributed by atoms with E-state index in [-0.39, 0.29) is 24.4 Å². The van der Waals surface area contributed by atoms with E-state index in [1.165, 1.54) is 11.9 Å². The number of halogens is 2. The Morgan fingerprint density at radius 1 is 0.923 bits per heavy atom. The summed E-state index contributed by atoms with van der Waals surface area (Å²) < 4.78 is 36.7. The minimum atomic E-state index is -1.14. The second-order valence-electron chi connectivity index (χ2n) is 15.2. The third-order valence-corrected chi connectivity index (χ3v) is 8.39. The lowest BCUT2D eigenvalue weighted by Gasteiger charge is -2.41. The number of aliphatic hydroxyl groups excluding tert-OH is 1. The summed E-state index contributed by atoms with van der Waals surface area (Å²) in [5, 5.41) is 18.0. The van der Waals surface area contributed by atoms with Gasteiger partial charge in [0.2, 0.25) is 17.7 Å². The molecule has 284 valence electrons. The van der Waals surface area contributed by atoms with E-state index in [0.29, 0.717) is 17.8 Å². The van der Waals surface area contributed by atoms with Crippen molar-refractivity contribution in [3.8, 4) is 11.1 Å². The number of nitrogens with zero attached hydrogens (tertiary/aromatic N) is 2. The Kier molecular flexibility index (Phi) is 14.1. The maximum atomic E-state index is 15.1. The molecule has 0 radical (unpaired) electrons. The quantitative estimate of drug-likeness (QED) is 0.172. The van der Waals surface area contributed by atoms with Crippen LogP contribution in [0, 0.1) is 23.0 Å². The number of amides is 4. The van der Waals surface area contributed by atoms with Gasteiger partial charge >= 0.3 is 6.09 Å². The third-order valence-electron chi connectivity index (χ3n) is 8.39. The van der Waals surface area contributed by atoms with Gasteiger partial charge < -0.3 is 35.3 Å². The highest BCUT2D eigenvalue weighted by atomic mass is 19.1. The highest BCUT2D eigenvalue weighted by Gasteiger charge is 2.38. The summed E-state index contributed by atoms with van der Waals surface area (Å²) >= 11 is 0. The second-order valence-corrected chi connectivity index (χ2v) is 15.2. The standard InChI is InChI=1S/C39H53F2N5O6/c1-24(2)33(44-37(51)52-39(6,7)8)36(50)43-30(35(49)42-9)17-18-46(32(48)23-47)34(38(3,4)5)31-19-26(28-20-27(40)15-16-29(28)41)22-45(31)21-25-13-11-10-12-14-25/h10-16,19-20,22,24,30,33-34,47H,17-18,21,23H2,1-9H3,(H,42,49)(H,43,50)(H,44,51)/t30-,33?,34-/m0/s1. The van der Waals surface area contributed by atoms with Crippen molar-refractivity contribution in [3.05, 3.63) is 83.7 Å². The van der Waals surface area contributed by atoms with Gasteiger partial charge in [-0.15, -0.1) is 0 Å². The number of nitrogens with one attached hydrogen (secondary N) is 3. The number of benzene rings is 2. The van der Waals surface area contributed by atoms with Crippen molar-refractivity contribution in [2.45, 2.75) is 92.1 Å². The summed E-state index contributed by atoms with van der Waals surface area (Å²) in [4.78, 5) is 54.3. The van der Waals surface area contributed by atoms with Crippen molar-refractivity contribution in [3.63, 3.8) is 0 Å². The first-order chi connectivity index (χ1) is 24.2. The van der Waals surface area contributed by atoms with Crippen molar-refractivity contribution < 1.29 is 37.8 Å². The first-order valence-electron chi connectivity index (χ1n) is 17.4. The van der Waals surface area contributed by atoms with E-state index in [9.17, 15) is 28.7 Å². The molecule has 3 rings (SSSR count). The van der Waals surface area contributed by atoms with Crippen molar-refractivity contribution >= 4 is 23.8 Å². The van der Waals surface area contributed by atoms with E-state index in [1.54, 1.807) is 46.9 Å². The van der Waals surface area contributed by atoms with Crippen LogP contribution in [0.3, 0.4) is 0 Å². The Balaban J connectivity index is 2.05. The molecule has 0 saturated carbocycles. The minimum Gasteiger partial charge on any atom is -0.444 e. The Bertz CT molecular complexity index is 1700. The highest BCUT2D eigenvalue weighted by Crippen LogP contribution is 2.41. The molecule has 3 atom stereocenters. The molecule has 11 nitrogen and oxygen atoms in total. The number of aromatic nitrogens is 1. The Labute approximate surface area is 305 Å². The summed E-state index contributed by atoms with van der Waals surface area (Å²) in [6, 6.07) is 11.5. The monoisotopic (exact) mass is 725 g/mol. The van der Waals surface area contributed by atoms with Crippen LogP contribution in [0.25, 0.3) is 11.1 Å². The first kappa shape index (κ1) is 41.6. The fourth-order valence-electron chi connectivity index (χ4n) is 6.04. The number of carbonyl (C=O) groups excluding carboxylic acids is 4. The molecular formula is C39H53F2N5O6. The number of carbonyl (C=O) groups is 4. The van der Waals surface area contributed by atoms with Gasteiger partial charge in [-0.05, 0) is 68.4 Å². The predicted molar refractivity (Wildman–Crippen MR) is 195 cm³/mol. The predicted octanol–water partition coefficient (Wildman–Crippen LogP) is 5.56. The van der Waals surface area contributed by atoms with Gasteiger partial charge in [0.25, 0.3) is 0 Å². The van der Waals surface area contributed by atoms with Crippen molar-refractivity contribution in [2.75, 3.05) is 20.2 Å². The van der Waals surface area contributed by atoms with Crippen molar-refractivity contribution in [1.82, 2.24) is 25.4 Å². The molecule has 1 aromatic heterocycles. The third kappa shape index (κ3) is 11.4. The number of hydrogen-bond donors (Lipinski definition) is 4. The zero-order valence-corrected chi connectivity index (χ0v) is 31.6. The van der Waals surface area contributed by atoms with Crippen molar-refractivity contribution in [2.24, 2.45) is 11.3 Å². The van der Waals surface area contributed by atoms with E-state index in [0.717, 1.165) is 23.8 Å². The Morgan fingerprint density at radius 3 is 2.13 bits per heavy atom. The van der Waals surface area contributed by atoms with Gasteiger partial charge in [0, 0.05) is 43.2 Å². The second kappa shape index (κ2) is 17.6. The molecule has 0 fully saturated rings. The zero-order chi connectivity index (χ0) is 39.0. The molecule has 13 heteroatoms. The fourth-order valence-corrected chi connectivity index (χ4v) is 6.04. The Hall–Kier alpha value is -4.78. The largest absolute Gasteiger partial charge is 0.444 e. The summed E-state index contributed by atoms with van der Waals surface area (Å²) in [5.41, 5.74) is 0.441. The van der Waals surface area contributed by atoms with Gasteiger partial charge in [0.15, 0.2) is 0 Å². The number of alkyl carbamates (subject to hydrolysis) is 1. The van der Waals surface area contributed by atoms with Crippen LogP contribution in [-0.4, -0.2) is 76.3 Å². The number of hydrogen-bond acceptors (Lipinski definition) is 6.